The summed E-state index contributed by atoms with van der Waals surface area (Å²) >= 11 is 0. The summed E-state index contributed by atoms with van der Waals surface area (Å²) in [6.07, 6.45) is 1.20. The molecule has 12 nitrogen and oxygen atoms in total. The number of hydrogen-bond acceptors (Lipinski definition) is 8. The molecular weight excluding hydrogens is 514 g/mol. The molecule has 3 aromatic carbocycles. The third-order valence-corrected chi connectivity index (χ3v) is 6.94. The SMILES string of the molecule is COc1ccc(/C=N\NC(=O)CN(Cc2ccccc2)S(=O)(=O)c2ccc(NC(C)=O)cc2)cc1[N+](=O)[O-]. The molecule has 2 N–H and O–H groups in total. The monoisotopic (exact) mass is 539 g/mol. The Kier molecular flexibility index (Phi) is 9.24. The summed E-state index contributed by atoms with van der Waals surface area (Å²) in [4.78, 5) is 34.4. The number of methoxy groups -OCH3 is 1. The van der Waals surface area contributed by atoms with Crippen molar-refractivity contribution in [1.29, 1.82) is 0 Å². The summed E-state index contributed by atoms with van der Waals surface area (Å²) in [5.41, 5.74) is 3.40. The molecule has 38 heavy (non-hydrogen) atoms. The number of benzene rings is 3. The van der Waals surface area contributed by atoms with Gasteiger partial charge < -0.3 is 10.1 Å². The summed E-state index contributed by atoms with van der Waals surface area (Å²) in [6.45, 7) is 0.701. The van der Waals surface area contributed by atoms with E-state index in [1.807, 2.05) is 0 Å². The third-order valence-electron chi connectivity index (χ3n) is 5.14. The van der Waals surface area contributed by atoms with Gasteiger partial charge in [-0.15, -0.1) is 0 Å². The van der Waals surface area contributed by atoms with Crippen molar-refractivity contribution in [2.45, 2.75) is 18.4 Å². The minimum Gasteiger partial charge on any atom is -0.490 e. The first-order valence-electron chi connectivity index (χ1n) is 11.2. The van der Waals surface area contributed by atoms with Crippen molar-refractivity contribution in [2.75, 3.05) is 19.0 Å². The minimum atomic E-state index is -4.12. The summed E-state index contributed by atoms with van der Waals surface area (Å²) in [5, 5.41) is 17.6. The first-order valence-corrected chi connectivity index (χ1v) is 12.6. The Labute approximate surface area is 219 Å². The minimum absolute atomic E-state index is 0.0654. The number of amides is 2. The molecule has 0 saturated carbocycles. The summed E-state index contributed by atoms with van der Waals surface area (Å²) in [7, 11) is -2.81. The van der Waals surface area contributed by atoms with Gasteiger partial charge in [-0.25, -0.2) is 13.8 Å². The molecule has 0 spiro atoms. The van der Waals surface area contributed by atoms with Gasteiger partial charge in [-0.1, -0.05) is 30.3 Å². The largest absolute Gasteiger partial charge is 0.490 e. The highest BCUT2D eigenvalue weighted by atomic mass is 32.2. The highest BCUT2D eigenvalue weighted by Crippen LogP contribution is 2.27. The van der Waals surface area contributed by atoms with Crippen LogP contribution >= 0.6 is 0 Å². The van der Waals surface area contributed by atoms with Crippen LogP contribution in [0.25, 0.3) is 0 Å². The van der Waals surface area contributed by atoms with Crippen LogP contribution in [0.15, 0.2) is 82.8 Å². The van der Waals surface area contributed by atoms with Gasteiger partial charge in [0.2, 0.25) is 15.9 Å². The second-order valence-electron chi connectivity index (χ2n) is 7.95. The van der Waals surface area contributed by atoms with Crippen molar-refractivity contribution in [3.05, 3.63) is 94.0 Å². The van der Waals surface area contributed by atoms with Gasteiger partial charge in [0.15, 0.2) is 5.75 Å². The first kappa shape index (κ1) is 28.0. The topological polar surface area (TPSA) is 160 Å². The number of hydrogen-bond donors (Lipinski definition) is 2. The lowest BCUT2D eigenvalue weighted by Gasteiger charge is -2.21. The van der Waals surface area contributed by atoms with Gasteiger partial charge >= 0.3 is 5.69 Å². The van der Waals surface area contributed by atoms with Gasteiger partial charge in [0.1, 0.15) is 0 Å². The molecule has 0 atom stereocenters. The number of nitrogens with one attached hydrogen (secondary N) is 2. The van der Waals surface area contributed by atoms with E-state index in [9.17, 15) is 28.1 Å². The molecule has 0 bridgehead atoms. The molecular formula is C25H25N5O7S. The van der Waals surface area contributed by atoms with Crippen LogP contribution in [-0.2, 0) is 26.2 Å². The van der Waals surface area contributed by atoms with E-state index in [1.165, 1.54) is 62.7 Å². The standard InChI is InChI=1S/C25H25N5O7S/c1-18(31)27-21-9-11-22(12-10-21)38(35,36)29(16-19-6-4-3-5-7-19)17-25(32)28-26-15-20-8-13-24(37-2)23(14-20)30(33)34/h3-15H,16-17H2,1-2H3,(H,27,31)(H,28,32)/b26-15-. The van der Waals surface area contributed by atoms with Gasteiger partial charge in [-0.3, -0.25) is 19.7 Å². The lowest BCUT2D eigenvalue weighted by Crippen LogP contribution is -2.39. The number of nitro groups is 1. The van der Waals surface area contributed by atoms with Crippen molar-refractivity contribution < 1.29 is 27.7 Å². The van der Waals surface area contributed by atoms with Crippen LogP contribution in [0, 0.1) is 10.1 Å². The van der Waals surface area contributed by atoms with E-state index in [0.717, 1.165) is 4.31 Å². The highest BCUT2D eigenvalue weighted by Gasteiger charge is 2.27. The predicted molar refractivity (Wildman–Crippen MR) is 140 cm³/mol. The third kappa shape index (κ3) is 7.44. The zero-order chi connectivity index (χ0) is 27.7. The molecule has 0 unspecified atom stereocenters. The fourth-order valence-corrected chi connectivity index (χ4v) is 4.76. The molecule has 0 aliphatic rings. The van der Waals surface area contributed by atoms with Crippen LogP contribution in [0.5, 0.6) is 5.75 Å². The molecule has 0 fully saturated rings. The molecule has 0 radical (unpaired) electrons. The van der Waals surface area contributed by atoms with Gasteiger partial charge in [0.05, 0.1) is 29.7 Å². The maximum atomic E-state index is 13.4. The molecule has 3 rings (SSSR count). The van der Waals surface area contributed by atoms with Crippen LogP contribution in [0.3, 0.4) is 0 Å². The average molecular weight is 540 g/mol. The Balaban J connectivity index is 1.78. The Morgan fingerprint density at radius 3 is 2.37 bits per heavy atom. The van der Waals surface area contributed by atoms with Crippen LogP contribution in [0.4, 0.5) is 11.4 Å². The van der Waals surface area contributed by atoms with E-state index in [2.05, 4.69) is 15.8 Å². The predicted octanol–water partition coefficient (Wildman–Crippen LogP) is 2.90. The zero-order valence-electron chi connectivity index (χ0n) is 20.5. The van der Waals surface area contributed by atoms with E-state index in [1.54, 1.807) is 30.3 Å². The fraction of sp³-hybridized carbons (Fsp3) is 0.160. The average Bonchev–Trinajstić information content (AvgIpc) is 2.88. The Morgan fingerprint density at radius 1 is 1.08 bits per heavy atom. The highest BCUT2D eigenvalue weighted by molar-refractivity contribution is 7.89. The number of carbonyl (C=O) groups is 2. The Morgan fingerprint density at radius 2 is 1.76 bits per heavy atom. The van der Waals surface area contributed by atoms with Crippen molar-refractivity contribution in [2.24, 2.45) is 5.10 Å². The Bertz CT molecular complexity index is 1440. The van der Waals surface area contributed by atoms with Crippen molar-refractivity contribution in [1.82, 2.24) is 9.73 Å². The van der Waals surface area contributed by atoms with Crippen LogP contribution in [0.1, 0.15) is 18.1 Å². The zero-order valence-corrected chi connectivity index (χ0v) is 21.3. The number of rotatable bonds is 11. The molecule has 2 amide bonds. The smallest absolute Gasteiger partial charge is 0.311 e. The van der Waals surface area contributed by atoms with Crippen LogP contribution in [-0.4, -0.2) is 49.3 Å². The molecule has 0 heterocycles. The molecule has 13 heteroatoms. The van der Waals surface area contributed by atoms with Gasteiger partial charge in [0, 0.05) is 30.8 Å². The second kappa shape index (κ2) is 12.6. The maximum absolute atomic E-state index is 13.4. The fourth-order valence-electron chi connectivity index (χ4n) is 3.38. The molecule has 3 aromatic rings. The molecule has 0 aliphatic carbocycles. The summed E-state index contributed by atoms with van der Waals surface area (Å²) in [5.74, 6) is -0.950. The van der Waals surface area contributed by atoms with Gasteiger partial charge in [-0.05, 0) is 42.0 Å². The maximum Gasteiger partial charge on any atom is 0.311 e. The number of anilines is 1. The molecule has 0 aliphatic heterocycles. The van der Waals surface area contributed by atoms with E-state index >= 15 is 0 Å². The lowest BCUT2D eigenvalue weighted by atomic mass is 10.2. The summed E-state index contributed by atoms with van der Waals surface area (Å²) < 4.78 is 32.8. The molecule has 0 aromatic heterocycles. The Hall–Kier alpha value is -4.62. The molecule has 0 saturated heterocycles. The van der Waals surface area contributed by atoms with E-state index in [0.29, 0.717) is 16.8 Å². The van der Waals surface area contributed by atoms with Crippen molar-refractivity contribution >= 4 is 39.4 Å². The number of sulfonamides is 1. The van der Waals surface area contributed by atoms with E-state index < -0.39 is 27.4 Å². The number of ether oxygens (including phenoxy) is 1. The number of hydrazone groups is 1. The quantitative estimate of drug-likeness (QED) is 0.215. The van der Waals surface area contributed by atoms with E-state index in [4.69, 9.17) is 4.74 Å². The lowest BCUT2D eigenvalue weighted by molar-refractivity contribution is -0.385. The number of nitrogens with zero attached hydrogens (tertiary/aromatic N) is 3. The number of nitro benzene ring substituents is 1. The molecule has 198 valence electrons. The first-order chi connectivity index (χ1) is 18.1. The second-order valence-corrected chi connectivity index (χ2v) is 9.88. The van der Waals surface area contributed by atoms with Crippen LogP contribution < -0.4 is 15.5 Å². The normalized spacial score (nSPS) is 11.3. The van der Waals surface area contributed by atoms with Crippen LogP contribution in [0.2, 0.25) is 0 Å². The van der Waals surface area contributed by atoms with Gasteiger partial charge in [0.25, 0.3) is 5.91 Å². The summed E-state index contributed by atoms with van der Waals surface area (Å²) in [6, 6.07) is 18.5. The van der Waals surface area contributed by atoms with E-state index in [-0.39, 0.29) is 28.8 Å². The number of carbonyl (C=O) groups excluding carboxylic acids is 2. The van der Waals surface area contributed by atoms with Gasteiger partial charge in [-0.2, -0.15) is 9.41 Å². The van der Waals surface area contributed by atoms with Crippen molar-refractivity contribution in [3.63, 3.8) is 0 Å². The van der Waals surface area contributed by atoms with Crippen molar-refractivity contribution in [3.8, 4) is 5.75 Å².